The van der Waals surface area contributed by atoms with E-state index in [4.69, 9.17) is 11.6 Å². The minimum atomic E-state index is -3.97. The molecule has 0 aliphatic rings. The summed E-state index contributed by atoms with van der Waals surface area (Å²) in [5.74, 6) is -1.03. The Morgan fingerprint density at radius 2 is 1.68 bits per heavy atom. The smallest absolute Gasteiger partial charge is 0.261 e. The maximum absolute atomic E-state index is 13.7. The molecule has 28 heavy (non-hydrogen) atoms. The number of rotatable bonds is 6. The maximum atomic E-state index is 13.7. The molecule has 0 unspecified atom stereocenters. The first-order chi connectivity index (χ1) is 13.3. The first-order valence-electron chi connectivity index (χ1n) is 8.25. The summed E-state index contributed by atoms with van der Waals surface area (Å²) in [4.78, 5) is 12.2. The predicted molar refractivity (Wildman–Crippen MR) is 106 cm³/mol. The fourth-order valence-electron chi connectivity index (χ4n) is 2.46. The van der Waals surface area contributed by atoms with Crippen molar-refractivity contribution in [1.29, 1.82) is 0 Å². The second kappa shape index (κ2) is 8.41. The Hall–Kier alpha value is -2.90. The van der Waals surface area contributed by atoms with Gasteiger partial charge < -0.3 is 5.32 Å². The number of carbonyl (C=O) groups excluding carboxylic acids is 1. The Bertz CT molecular complexity index is 1100. The van der Waals surface area contributed by atoms with E-state index < -0.39 is 15.8 Å². The summed E-state index contributed by atoms with van der Waals surface area (Å²) in [5.41, 5.74) is 0.992. The molecule has 0 saturated heterocycles. The molecule has 3 aromatic carbocycles. The first-order valence-corrected chi connectivity index (χ1v) is 10.1. The fraction of sp³-hybridized carbons (Fsp3) is 0.0500. The van der Waals surface area contributed by atoms with E-state index in [1.165, 1.54) is 42.5 Å². The van der Waals surface area contributed by atoms with Crippen molar-refractivity contribution in [2.75, 3.05) is 4.72 Å². The number of benzene rings is 3. The lowest BCUT2D eigenvalue weighted by molar-refractivity contribution is 0.0951. The average molecular weight is 419 g/mol. The number of carbonyl (C=O) groups is 1. The Morgan fingerprint density at radius 1 is 0.964 bits per heavy atom. The first kappa shape index (κ1) is 19.9. The van der Waals surface area contributed by atoms with Crippen molar-refractivity contribution in [3.8, 4) is 0 Å². The quantitative estimate of drug-likeness (QED) is 0.629. The molecular formula is C20H16ClFN2O3S. The minimum Gasteiger partial charge on any atom is -0.348 e. The fourth-order valence-corrected chi connectivity index (χ4v) is 3.74. The lowest BCUT2D eigenvalue weighted by Gasteiger charge is -2.10. The van der Waals surface area contributed by atoms with Crippen molar-refractivity contribution in [2.24, 2.45) is 0 Å². The van der Waals surface area contributed by atoms with Gasteiger partial charge in [0.05, 0.1) is 10.6 Å². The number of hydrogen-bond donors (Lipinski definition) is 2. The molecule has 0 fully saturated rings. The van der Waals surface area contributed by atoms with Crippen molar-refractivity contribution in [3.05, 3.63) is 94.8 Å². The van der Waals surface area contributed by atoms with E-state index in [2.05, 4.69) is 10.0 Å². The third-order valence-corrected chi connectivity index (χ3v) is 5.50. The van der Waals surface area contributed by atoms with Crippen LogP contribution in [0.1, 0.15) is 15.9 Å². The summed E-state index contributed by atoms with van der Waals surface area (Å²) >= 11 is 5.91. The van der Waals surface area contributed by atoms with Gasteiger partial charge >= 0.3 is 0 Å². The summed E-state index contributed by atoms with van der Waals surface area (Å²) in [5, 5.41) is 3.31. The Balaban J connectivity index is 1.68. The van der Waals surface area contributed by atoms with Gasteiger partial charge in [0.2, 0.25) is 0 Å². The van der Waals surface area contributed by atoms with Crippen LogP contribution in [-0.2, 0) is 16.6 Å². The van der Waals surface area contributed by atoms with E-state index in [0.717, 1.165) is 11.6 Å². The van der Waals surface area contributed by atoms with Crippen LogP contribution in [0.4, 0.5) is 10.1 Å². The van der Waals surface area contributed by atoms with Gasteiger partial charge in [-0.15, -0.1) is 0 Å². The topological polar surface area (TPSA) is 75.3 Å². The van der Waals surface area contributed by atoms with E-state index in [-0.39, 0.29) is 23.0 Å². The SMILES string of the molecule is O=C(NCc1cccc(Cl)c1)c1ccc(S(=O)(=O)Nc2ccccc2F)cc1. The molecule has 3 aromatic rings. The number of amides is 1. The van der Waals surface area contributed by atoms with E-state index in [1.807, 2.05) is 6.07 Å². The van der Waals surface area contributed by atoms with Crippen LogP contribution in [0.3, 0.4) is 0 Å². The van der Waals surface area contributed by atoms with E-state index in [0.29, 0.717) is 10.6 Å². The number of hydrogen-bond acceptors (Lipinski definition) is 3. The third-order valence-electron chi connectivity index (χ3n) is 3.89. The highest BCUT2D eigenvalue weighted by atomic mass is 35.5. The van der Waals surface area contributed by atoms with Crippen LogP contribution in [0.25, 0.3) is 0 Å². The average Bonchev–Trinajstić information content (AvgIpc) is 2.68. The molecule has 0 aliphatic heterocycles. The van der Waals surface area contributed by atoms with Crippen molar-refractivity contribution < 1.29 is 17.6 Å². The lowest BCUT2D eigenvalue weighted by atomic mass is 10.2. The van der Waals surface area contributed by atoms with Gasteiger partial charge in [-0.3, -0.25) is 9.52 Å². The molecule has 0 saturated carbocycles. The van der Waals surface area contributed by atoms with Crippen molar-refractivity contribution in [3.63, 3.8) is 0 Å². The molecule has 0 radical (unpaired) electrons. The van der Waals surface area contributed by atoms with Gasteiger partial charge in [0.15, 0.2) is 0 Å². The second-order valence-corrected chi connectivity index (χ2v) is 8.04. The van der Waals surface area contributed by atoms with Crippen LogP contribution >= 0.6 is 11.6 Å². The molecule has 1 amide bonds. The normalized spacial score (nSPS) is 11.1. The van der Waals surface area contributed by atoms with Crippen LogP contribution in [-0.4, -0.2) is 14.3 Å². The maximum Gasteiger partial charge on any atom is 0.261 e. The highest BCUT2D eigenvalue weighted by Crippen LogP contribution is 2.19. The summed E-state index contributed by atoms with van der Waals surface area (Å²) in [6, 6.07) is 17.9. The number of halogens is 2. The minimum absolute atomic E-state index is 0.0813. The predicted octanol–water partition coefficient (Wildman–Crippen LogP) is 4.21. The number of para-hydroxylation sites is 1. The van der Waals surface area contributed by atoms with Crippen molar-refractivity contribution in [1.82, 2.24) is 5.32 Å². The zero-order valence-electron chi connectivity index (χ0n) is 14.5. The highest BCUT2D eigenvalue weighted by Gasteiger charge is 2.17. The van der Waals surface area contributed by atoms with E-state index >= 15 is 0 Å². The molecule has 144 valence electrons. The summed E-state index contributed by atoms with van der Waals surface area (Å²) < 4.78 is 40.6. The molecular weight excluding hydrogens is 403 g/mol. The molecule has 0 heterocycles. The van der Waals surface area contributed by atoms with Gasteiger partial charge in [0, 0.05) is 17.1 Å². The Labute approximate surface area is 167 Å². The van der Waals surface area contributed by atoms with Crippen LogP contribution in [0, 0.1) is 5.82 Å². The molecule has 0 spiro atoms. The standard InChI is InChI=1S/C20H16ClFN2O3S/c21-16-5-3-4-14(12-16)13-23-20(25)15-8-10-17(11-9-15)28(26,27)24-19-7-2-1-6-18(19)22/h1-12,24H,13H2,(H,23,25). The van der Waals surface area contributed by atoms with Crippen LogP contribution in [0.5, 0.6) is 0 Å². The van der Waals surface area contributed by atoms with Gasteiger partial charge in [-0.25, -0.2) is 12.8 Å². The zero-order valence-corrected chi connectivity index (χ0v) is 16.1. The molecule has 2 N–H and O–H groups in total. The number of sulfonamides is 1. The van der Waals surface area contributed by atoms with Gasteiger partial charge in [0.1, 0.15) is 5.82 Å². The molecule has 0 atom stereocenters. The lowest BCUT2D eigenvalue weighted by Crippen LogP contribution is -2.23. The van der Waals surface area contributed by atoms with Crippen molar-refractivity contribution >= 4 is 33.2 Å². The van der Waals surface area contributed by atoms with Crippen molar-refractivity contribution in [2.45, 2.75) is 11.4 Å². The van der Waals surface area contributed by atoms with Gasteiger partial charge in [-0.1, -0.05) is 35.9 Å². The largest absolute Gasteiger partial charge is 0.348 e. The Kier molecular flexibility index (Phi) is 5.96. The van der Waals surface area contributed by atoms with Crippen LogP contribution in [0.15, 0.2) is 77.7 Å². The summed E-state index contributed by atoms with van der Waals surface area (Å²) in [6.45, 7) is 0.286. The highest BCUT2D eigenvalue weighted by molar-refractivity contribution is 7.92. The Morgan fingerprint density at radius 3 is 2.36 bits per heavy atom. The zero-order chi connectivity index (χ0) is 20.1. The molecule has 0 aromatic heterocycles. The van der Waals surface area contributed by atoms with Crippen LogP contribution in [0.2, 0.25) is 5.02 Å². The van der Waals surface area contributed by atoms with E-state index in [9.17, 15) is 17.6 Å². The van der Waals surface area contributed by atoms with E-state index in [1.54, 1.807) is 18.2 Å². The molecule has 8 heteroatoms. The molecule has 0 aliphatic carbocycles. The second-order valence-electron chi connectivity index (χ2n) is 5.92. The van der Waals surface area contributed by atoms with Gasteiger partial charge in [-0.05, 0) is 54.1 Å². The molecule has 5 nitrogen and oxygen atoms in total. The van der Waals surface area contributed by atoms with Gasteiger partial charge in [0.25, 0.3) is 15.9 Å². The van der Waals surface area contributed by atoms with Gasteiger partial charge in [-0.2, -0.15) is 0 Å². The number of anilines is 1. The molecule has 3 rings (SSSR count). The van der Waals surface area contributed by atoms with Crippen LogP contribution < -0.4 is 10.0 Å². The molecule has 0 bridgehead atoms. The number of nitrogens with one attached hydrogen (secondary N) is 2. The summed E-state index contributed by atoms with van der Waals surface area (Å²) in [7, 11) is -3.97. The summed E-state index contributed by atoms with van der Waals surface area (Å²) in [6.07, 6.45) is 0. The monoisotopic (exact) mass is 418 g/mol. The third kappa shape index (κ3) is 4.88.